The Morgan fingerprint density at radius 3 is 2.61 bits per heavy atom. The maximum atomic E-state index is 13.0. The third-order valence-corrected chi connectivity index (χ3v) is 5.74. The van der Waals surface area contributed by atoms with Gasteiger partial charge in [0.1, 0.15) is 6.61 Å². The fourth-order valence-electron chi connectivity index (χ4n) is 3.71. The highest BCUT2D eigenvalue weighted by Gasteiger charge is 2.27. The van der Waals surface area contributed by atoms with Crippen LogP contribution in [0.3, 0.4) is 0 Å². The van der Waals surface area contributed by atoms with Crippen molar-refractivity contribution in [2.45, 2.75) is 19.1 Å². The SMILES string of the molecule is COc1cc(C(=O)N2CCC(Nc3ccccc3)C2)ccc1OCc1ccccc1Cl. The summed E-state index contributed by atoms with van der Waals surface area (Å²) in [5, 5.41) is 4.15. The number of benzene rings is 3. The van der Waals surface area contributed by atoms with Gasteiger partial charge in [-0.3, -0.25) is 4.79 Å². The van der Waals surface area contributed by atoms with Gasteiger partial charge in [0.25, 0.3) is 5.91 Å². The highest BCUT2D eigenvalue weighted by molar-refractivity contribution is 6.31. The van der Waals surface area contributed by atoms with E-state index in [0.717, 1.165) is 24.2 Å². The van der Waals surface area contributed by atoms with E-state index in [4.69, 9.17) is 21.1 Å². The van der Waals surface area contributed by atoms with Gasteiger partial charge in [0.2, 0.25) is 0 Å². The number of hydrogen-bond acceptors (Lipinski definition) is 4. The van der Waals surface area contributed by atoms with Crippen LogP contribution in [0.5, 0.6) is 11.5 Å². The minimum Gasteiger partial charge on any atom is -0.493 e. The number of carbonyl (C=O) groups excluding carboxylic acids is 1. The second-order valence-corrected chi connectivity index (χ2v) is 7.90. The van der Waals surface area contributed by atoms with Crippen molar-refractivity contribution < 1.29 is 14.3 Å². The van der Waals surface area contributed by atoms with E-state index in [1.54, 1.807) is 25.3 Å². The fraction of sp³-hybridized carbons (Fsp3) is 0.240. The van der Waals surface area contributed by atoms with Gasteiger partial charge in [-0.05, 0) is 42.8 Å². The number of nitrogens with zero attached hydrogens (tertiary/aromatic N) is 1. The molecule has 0 saturated carbocycles. The molecule has 1 atom stereocenters. The van der Waals surface area contributed by atoms with E-state index in [0.29, 0.717) is 35.2 Å². The molecule has 4 rings (SSSR count). The van der Waals surface area contributed by atoms with Gasteiger partial charge < -0.3 is 19.7 Å². The van der Waals surface area contributed by atoms with E-state index >= 15 is 0 Å². The number of amides is 1. The van der Waals surface area contributed by atoms with Crippen molar-refractivity contribution in [3.8, 4) is 11.5 Å². The molecule has 3 aromatic rings. The molecule has 0 aliphatic carbocycles. The predicted octanol–water partition coefficient (Wildman–Crippen LogP) is 5.25. The summed E-state index contributed by atoms with van der Waals surface area (Å²) < 4.78 is 11.4. The van der Waals surface area contributed by atoms with Crippen LogP contribution in [-0.4, -0.2) is 37.0 Å². The number of ether oxygens (including phenoxy) is 2. The summed E-state index contributed by atoms with van der Waals surface area (Å²) in [7, 11) is 1.57. The highest BCUT2D eigenvalue weighted by atomic mass is 35.5. The third kappa shape index (κ3) is 5.12. The Morgan fingerprint density at radius 1 is 1.06 bits per heavy atom. The number of rotatable bonds is 7. The minimum atomic E-state index is -0.00619. The van der Waals surface area contributed by atoms with E-state index in [2.05, 4.69) is 5.32 Å². The zero-order chi connectivity index (χ0) is 21.6. The van der Waals surface area contributed by atoms with E-state index in [1.165, 1.54) is 0 Å². The van der Waals surface area contributed by atoms with Crippen LogP contribution in [0.25, 0.3) is 0 Å². The van der Waals surface area contributed by atoms with Crippen molar-refractivity contribution in [3.05, 3.63) is 88.9 Å². The van der Waals surface area contributed by atoms with Crippen LogP contribution in [0, 0.1) is 0 Å². The molecule has 5 nitrogen and oxygen atoms in total. The van der Waals surface area contributed by atoms with Gasteiger partial charge in [-0.15, -0.1) is 0 Å². The molecular formula is C25H25ClN2O3. The summed E-state index contributed by atoms with van der Waals surface area (Å²) in [6, 6.07) is 23.2. The van der Waals surface area contributed by atoms with Gasteiger partial charge in [-0.1, -0.05) is 48.0 Å². The first-order valence-corrected chi connectivity index (χ1v) is 10.7. The van der Waals surface area contributed by atoms with E-state index in [-0.39, 0.29) is 11.9 Å². The number of hydrogen-bond donors (Lipinski definition) is 1. The van der Waals surface area contributed by atoms with Crippen molar-refractivity contribution >= 4 is 23.2 Å². The molecule has 1 unspecified atom stereocenters. The Hall–Kier alpha value is -3.18. The van der Waals surface area contributed by atoms with Crippen molar-refractivity contribution in [2.75, 3.05) is 25.5 Å². The smallest absolute Gasteiger partial charge is 0.254 e. The maximum Gasteiger partial charge on any atom is 0.254 e. The molecule has 1 N–H and O–H groups in total. The molecule has 0 bridgehead atoms. The molecular weight excluding hydrogens is 412 g/mol. The highest BCUT2D eigenvalue weighted by Crippen LogP contribution is 2.30. The fourth-order valence-corrected chi connectivity index (χ4v) is 3.90. The summed E-state index contributed by atoms with van der Waals surface area (Å²) in [6.45, 7) is 1.71. The van der Waals surface area contributed by atoms with Crippen LogP contribution in [0.1, 0.15) is 22.3 Å². The topological polar surface area (TPSA) is 50.8 Å². The molecule has 1 saturated heterocycles. The maximum absolute atomic E-state index is 13.0. The number of likely N-dealkylation sites (tertiary alicyclic amines) is 1. The van der Waals surface area contributed by atoms with Gasteiger partial charge in [-0.25, -0.2) is 0 Å². The number of carbonyl (C=O) groups is 1. The van der Waals surface area contributed by atoms with E-state index in [9.17, 15) is 4.79 Å². The molecule has 0 spiro atoms. The lowest BCUT2D eigenvalue weighted by Crippen LogP contribution is -2.31. The minimum absolute atomic E-state index is 0.00619. The van der Waals surface area contributed by atoms with Gasteiger partial charge in [0.05, 0.1) is 7.11 Å². The number of halogens is 1. The second kappa shape index (κ2) is 9.75. The van der Waals surface area contributed by atoms with Crippen LogP contribution in [0.2, 0.25) is 5.02 Å². The van der Waals surface area contributed by atoms with Gasteiger partial charge in [-0.2, -0.15) is 0 Å². The first-order chi connectivity index (χ1) is 15.1. The van der Waals surface area contributed by atoms with E-state index in [1.807, 2.05) is 59.5 Å². The molecule has 1 heterocycles. The lowest BCUT2D eigenvalue weighted by molar-refractivity contribution is 0.0791. The monoisotopic (exact) mass is 436 g/mol. The van der Waals surface area contributed by atoms with Crippen molar-refractivity contribution in [1.29, 1.82) is 0 Å². The number of para-hydroxylation sites is 1. The largest absolute Gasteiger partial charge is 0.493 e. The predicted molar refractivity (Wildman–Crippen MR) is 123 cm³/mol. The third-order valence-electron chi connectivity index (χ3n) is 5.37. The molecule has 1 aliphatic heterocycles. The lowest BCUT2D eigenvalue weighted by Gasteiger charge is -2.19. The van der Waals surface area contributed by atoms with Crippen LogP contribution < -0.4 is 14.8 Å². The molecule has 1 amide bonds. The van der Waals surface area contributed by atoms with Crippen LogP contribution in [0.4, 0.5) is 5.69 Å². The van der Waals surface area contributed by atoms with Crippen LogP contribution in [-0.2, 0) is 6.61 Å². The van der Waals surface area contributed by atoms with Crippen molar-refractivity contribution in [2.24, 2.45) is 0 Å². The molecule has 31 heavy (non-hydrogen) atoms. The normalized spacial score (nSPS) is 15.5. The molecule has 160 valence electrons. The van der Waals surface area contributed by atoms with Crippen LogP contribution >= 0.6 is 11.6 Å². The van der Waals surface area contributed by atoms with Gasteiger partial charge in [0.15, 0.2) is 11.5 Å². The summed E-state index contributed by atoms with van der Waals surface area (Å²) >= 11 is 6.20. The first-order valence-electron chi connectivity index (χ1n) is 10.3. The zero-order valence-corrected chi connectivity index (χ0v) is 18.1. The Balaban J connectivity index is 1.40. The van der Waals surface area contributed by atoms with Crippen molar-refractivity contribution in [3.63, 3.8) is 0 Å². The first kappa shape index (κ1) is 21.1. The Morgan fingerprint density at radius 2 is 1.84 bits per heavy atom. The number of anilines is 1. The van der Waals surface area contributed by atoms with Gasteiger partial charge in [0, 0.05) is 41.0 Å². The summed E-state index contributed by atoms with van der Waals surface area (Å²) in [5.41, 5.74) is 2.55. The molecule has 0 aromatic heterocycles. The standard InChI is InChI=1S/C25H25ClN2O3/c1-30-24-15-18(11-12-23(24)31-17-19-7-5-6-10-22(19)26)25(29)28-14-13-21(16-28)27-20-8-3-2-4-9-20/h2-12,15,21,27H,13-14,16-17H2,1H3. The average molecular weight is 437 g/mol. The molecule has 3 aromatic carbocycles. The molecule has 1 fully saturated rings. The van der Waals surface area contributed by atoms with Crippen molar-refractivity contribution in [1.82, 2.24) is 4.90 Å². The Kier molecular flexibility index (Phi) is 6.63. The van der Waals surface area contributed by atoms with Crippen LogP contribution in [0.15, 0.2) is 72.8 Å². The van der Waals surface area contributed by atoms with E-state index < -0.39 is 0 Å². The summed E-state index contributed by atoms with van der Waals surface area (Å²) in [4.78, 5) is 14.9. The quantitative estimate of drug-likeness (QED) is 0.549. The summed E-state index contributed by atoms with van der Waals surface area (Å²) in [6.07, 6.45) is 0.913. The molecule has 6 heteroatoms. The Labute approximate surface area is 187 Å². The zero-order valence-electron chi connectivity index (χ0n) is 17.4. The van der Waals surface area contributed by atoms with Gasteiger partial charge >= 0.3 is 0 Å². The Bertz CT molecular complexity index is 1040. The average Bonchev–Trinajstić information content (AvgIpc) is 3.27. The lowest BCUT2D eigenvalue weighted by atomic mass is 10.1. The number of nitrogens with one attached hydrogen (secondary N) is 1. The molecule has 1 aliphatic rings. The second-order valence-electron chi connectivity index (χ2n) is 7.49. The molecule has 0 radical (unpaired) electrons. The summed E-state index contributed by atoms with van der Waals surface area (Å²) in [5.74, 6) is 1.09. The number of methoxy groups -OCH3 is 1.